The van der Waals surface area contributed by atoms with Gasteiger partial charge in [0.15, 0.2) is 0 Å². The summed E-state index contributed by atoms with van der Waals surface area (Å²) < 4.78 is 14.9. The molecule has 12 nitrogen and oxygen atoms in total. The highest BCUT2D eigenvalue weighted by Crippen LogP contribution is 2.33. The Bertz CT molecular complexity index is 1960. The molecule has 7 rings (SSSR count). The zero-order valence-corrected chi connectivity index (χ0v) is 30.3. The molecule has 5 heterocycles. The van der Waals surface area contributed by atoms with Gasteiger partial charge in [0.1, 0.15) is 29.1 Å². The number of hydrogen-bond acceptors (Lipinski definition) is 9. The fourth-order valence-corrected chi connectivity index (χ4v) is 7.21. The number of nitrogens with one attached hydrogen (secondary N) is 1. The number of pyridine rings is 1. The molecule has 4 aromatic rings. The van der Waals surface area contributed by atoms with Crippen LogP contribution in [-0.4, -0.2) is 87.6 Å². The molecule has 3 aliphatic rings. The number of carbonyl (C=O) groups is 3. The van der Waals surface area contributed by atoms with Crippen LogP contribution in [0, 0.1) is 6.92 Å². The first-order valence-corrected chi connectivity index (χ1v) is 18.0. The minimum absolute atomic E-state index is 0.187. The van der Waals surface area contributed by atoms with Gasteiger partial charge >= 0.3 is 0 Å². The van der Waals surface area contributed by atoms with Gasteiger partial charge < -0.3 is 28.7 Å². The zero-order chi connectivity index (χ0) is 36.4. The van der Waals surface area contributed by atoms with Crippen molar-refractivity contribution in [2.24, 2.45) is 7.05 Å². The highest BCUT2D eigenvalue weighted by Gasteiger charge is 2.39. The number of ether oxygens (including phenoxy) is 2. The molecule has 0 bridgehead atoms. The lowest BCUT2D eigenvalue weighted by Gasteiger charge is -2.29. The monoisotopic (exact) mass is 702 g/mol. The van der Waals surface area contributed by atoms with Gasteiger partial charge in [-0.05, 0) is 106 Å². The standard InChI is InChI=1S/C39H45BN7O5/c1-25-17-35(52-29-10-8-26(9-11-29)34-20-42-36(45(34)4)23-44(2)3)32(41-19-25)22-46-16-6-5-7-28(40-46)24-51-30-12-13-31-27(18-30)21-47(39(31)50)33-14-15-37(48)43-38(33)49/h8-13,17-20,28,33H,5-7,14-16,21-24H2,1-4H3,(H,43,48,49). The normalized spacial score (nSPS) is 19.3. The third-order valence-electron chi connectivity index (χ3n) is 9.99. The molecule has 0 saturated carbocycles. The van der Waals surface area contributed by atoms with E-state index in [4.69, 9.17) is 14.5 Å². The Hall–Kier alpha value is -5.01. The number of carbonyl (C=O) groups excluding carboxylic acids is 3. The summed E-state index contributed by atoms with van der Waals surface area (Å²) in [6, 6.07) is 15.0. The number of aromatic nitrogens is 3. The van der Waals surface area contributed by atoms with Gasteiger partial charge in [0.2, 0.25) is 19.2 Å². The molecule has 269 valence electrons. The molecule has 3 amide bonds. The molecular weight excluding hydrogens is 657 g/mol. The molecule has 13 heteroatoms. The van der Waals surface area contributed by atoms with Gasteiger partial charge in [-0.2, -0.15) is 0 Å². The van der Waals surface area contributed by atoms with Crippen LogP contribution in [0.3, 0.4) is 0 Å². The first-order chi connectivity index (χ1) is 25.1. The van der Waals surface area contributed by atoms with E-state index in [1.54, 1.807) is 11.0 Å². The smallest absolute Gasteiger partial charge is 0.255 e. The lowest BCUT2D eigenvalue weighted by atomic mass is 9.72. The molecule has 1 N–H and O–H groups in total. The number of fused-ring (bicyclic) bond motifs is 1. The van der Waals surface area contributed by atoms with Gasteiger partial charge in [-0.1, -0.05) is 12.8 Å². The average Bonchev–Trinajstić information content (AvgIpc) is 3.53. The van der Waals surface area contributed by atoms with E-state index in [0.29, 0.717) is 37.4 Å². The average molecular weight is 703 g/mol. The molecule has 2 fully saturated rings. The lowest BCUT2D eigenvalue weighted by Crippen LogP contribution is -2.52. The summed E-state index contributed by atoms with van der Waals surface area (Å²) in [6.45, 7) is 5.15. The van der Waals surface area contributed by atoms with E-state index in [9.17, 15) is 14.4 Å². The predicted octanol–water partition coefficient (Wildman–Crippen LogP) is 4.88. The quantitative estimate of drug-likeness (QED) is 0.172. The molecule has 52 heavy (non-hydrogen) atoms. The van der Waals surface area contributed by atoms with Gasteiger partial charge in [0.05, 0.1) is 30.7 Å². The number of piperidine rings is 1. The van der Waals surface area contributed by atoms with Crippen LogP contribution in [0.2, 0.25) is 5.82 Å². The fourth-order valence-electron chi connectivity index (χ4n) is 7.21. The van der Waals surface area contributed by atoms with Crippen molar-refractivity contribution >= 4 is 25.1 Å². The Kier molecular flexibility index (Phi) is 10.4. The summed E-state index contributed by atoms with van der Waals surface area (Å²) in [5, 5.41) is 2.36. The Morgan fingerprint density at radius 2 is 1.79 bits per heavy atom. The van der Waals surface area contributed by atoms with E-state index in [1.165, 1.54) is 0 Å². The van der Waals surface area contributed by atoms with Crippen LogP contribution in [0.5, 0.6) is 17.2 Å². The first-order valence-electron chi connectivity index (χ1n) is 18.0. The second-order valence-corrected chi connectivity index (χ2v) is 14.3. The van der Waals surface area contributed by atoms with E-state index < -0.39 is 11.9 Å². The van der Waals surface area contributed by atoms with Gasteiger partial charge in [0.25, 0.3) is 5.91 Å². The van der Waals surface area contributed by atoms with Crippen LogP contribution in [0.4, 0.5) is 0 Å². The maximum atomic E-state index is 13.1. The second kappa shape index (κ2) is 15.3. The maximum absolute atomic E-state index is 13.1. The topological polar surface area (TPSA) is 122 Å². The molecule has 3 aliphatic heterocycles. The van der Waals surface area contributed by atoms with Crippen molar-refractivity contribution in [3.8, 4) is 28.5 Å². The van der Waals surface area contributed by atoms with Crippen molar-refractivity contribution < 1.29 is 23.9 Å². The molecular formula is C39H45BN7O5. The van der Waals surface area contributed by atoms with E-state index in [-0.39, 0.29) is 24.1 Å². The number of hydrogen-bond donors (Lipinski definition) is 1. The molecule has 2 saturated heterocycles. The van der Waals surface area contributed by atoms with Crippen LogP contribution in [0.15, 0.2) is 60.9 Å². The van der Waals surface area contributed by atoms with E-state index in [2.05, 4.69) is 44.1 Å². The fraction of sp³-hybridized carbons (Fsp3) is 0.410. The molecule has 1 radical (unpaired) electrons. The van der Waals surface area contributed by atoms with Crippen molar-refractivity contribution in [3.05, 3.63) is 89.1 Å². The number of benzene rings is 2. The SMILES string of the molecule is Cc1cnc(CN2[B]C(COc3ccc4c(c3)CN(C3CCC(=O)NC3=O)C4=O)CCCC2)c(Oc2ccc(-c3cnc(CN(C)C)n3C)cc2)c1. The van der Waals surface area contributed by atoms with Gasteiger partial charge in [-0.25, -0.2) is 4.98 Å². The number of aryl methyl sites for hydroxylation is 1. The largest absolute Gasteiger partial charge is 0.494 e. The Morgan fingerprint density at radius 3 is 2.58 bits per heavy atom. The first kappa shape index (κ1) is 35.4. The maximum Gasteiger partial charge on any atom is 0.255 e. The van der Waals surface area contributed by atoms with Crippen LogP contribution >= 0.6 is 0 Å². The van der Waals surface area contributed by atoms with E-state index in [0.717, 1.165) is 77.8 Å². The van der Waals surface area contributed by atoms with Crippen molar-refractivity contribution in [3.63, 3.8) is 0 Å². The predicted molar refractivity (Wildman–Crippen MR) is 197 cm³/mol. The zero-order valence-electron chi connectivity index (χ0n) is 30.3. The Balaban J connectivity index is 0.971. The van der Waals surface area contributed by atoms with Crippen LogP contribution in [-0.2, 0) is 36.3 Å². The number of imidazole rings is 1. The van der Waals surface area contributed by atoms with Crippen molar-refractivity contribution in [1.29, 1.82) is 0 Å². The summed E-state index contributed by atoms with van der Waals surface area (Å²) in [4.78, 5) is 52.6. The highest BCUT2D eigenvalue weighted by atomic mass is 16.5. The summed E-state index contributed by atoms with van der Waals surface area (Å²) in [5.74, 6) is 2.50. The molecule has 2 aromatic heterocycles. The van der Waals surface area contributed by atoms with Crippen LogP contribution < -0.4 is 14.8 Å². The number of amides is 3. The molecule has 2 unspecified atom stereocenters. The van der Waals surface area contributed by atoms with E-state index in [1.807, 2.05) is 70.8 Å². The van der Waals surface area contributed by atoms with Crippen molar-refractivity contribution in [1.82, 2.24) is 34.5 Å². The third kappa shape index (κ3) is 7.90. The number of rotatable bonds is 11. The summed E-state index contributed by atoms with van der Waals surface area (Å²) >= 11 is 0. The van der Waals surface area contributed by atoms with Crippen molar-refractivity contribution in [2.45, 2.75) is 70.5 Å². The summed E-state index contributed by atoms with van der Waals surface area (Å²) in [7, 11) is 8.39. The van der Waals surface area contributed by atoms with Crippen LogP contribution in [0.1, 0.15) is 65.1 Å². The molecule has 2 atom stereocenters. The van der Waals surface area contributed by atoms with E-state index >= 15 is 0 Å². The third-order valence-corrected chi connectivity index (χ3v) is 9.99. The Labute approximate surface area is 305 Å². The summed E-state index contributed by atoms with van der Waals surface area (Å²) in [6.07, 6.45) is 7.54. The number of imide groups is 1. The van der Waals surface area contributed by atoms with Crippen molar-refractivity contribution in [2.75, 3.05) is 27.2 Å². The van der Waals surface area contributed by atoms with Gasteiger partial charge in [0, 0.05) is 43.9 Å². The highest BCUT2D eigenvalue weighted by molar-refractivity contribution is 6.34. The van der Waals surface area contributed by atoms with Gasteiger partial charge in [-0.3, -0.25) is 24.7 Å². The molecule has 0 spiro atoms. The lowest BCUT2D eigenvalue weighted by molar-refractivity contribution is -0.136. The molecule has 0 aliphatic carbocycles. The minimum Gasteiger partial charge on any atom is -0.494 e. The minimum atomic E-state index is -0.637. The Morgan fingerprint density at radius 1 is 0.981 bits per heavy atom. The molecule has 2 aromatic carbocycles. The van der Waals surface area contributed by atoms with Crippen LogP contribution in [0.25, 0.3) is 11.3 Å². The summed E-state index contributed by atoms with van der Waals surface area (Å²) in [5.41, 5.74) is 5.44. The van der Waals surface area contributed by atoms with Gasteiger partial charge in [-0.15, -0.1) is 0 Å². The number of nitrogens with zero attached hydrogens (tertiary/aromatic N) is 6. The second-order valence-electron chi connectivity index (χ2n) is 14.3.